The van der Waals surface area contributed by atoms with Crippen LogP contribution in [0.3, 0.4) is 0 Å². The zero-order valence-corrected chi connectivity index (χ0v) is 14.6. The average molecular weight is 310 g/mol. The Morgan fingerprint density at radius 3 is 2.74 bits per heavy atom. The summed E-state index contributed by atoms with van der Waals surface area (Å²) in [7, 11) is 0. The zero-order chi connectivity index (χ0) is 16.6. The quantitative estimate of drug-likeness (QED) is 0.845. The van der Waals surface area contributed by atoms with Crippen molar-refractivity contribution in [1.82, 2.24) is 9.88 Å². The van der Waals surface area contributed by atoms with Gasteiger partial charge in [0.1, 0.15) is 0 Å². The second kappa shape index (κ2) is 6.32. The van der Waals surface area contributed by atoms with Gasteiger partial charge in [-0.25, -0.2) is 0 Å². The van der Waals surface area contributed by atoms with Crippen molar-refractivity contribution in [2.45, 2.75) is 53.1 Å². The average Bonchev–Trinajstić information content (AvgIpc) is 3.13. The number of aromatic nitrogens is 1. The summed E-state index contributed by atoms with van der Waals surface area (Å²) in [5, 5.41) is 0. The van der Waals surface area contributed by atoms with Crippen molar-refractivity contribution in [3.8, 4) is 0 Å². The molecule has 1 saturated heterocycles. The highest BCUT2D eigenvalue weighted by atomic mass is 16.1. The van der Waals surface area contributed by atoms with E-state index < -0.39 is 0 Å². The molecule has 1 aromatic carbocycles. The first kappa shape index (κ1) is 16.0. The molecule has 0 aliphatic carbocycles. The number of carbonyl (C=O) groups excluding carboxylic acids is 1. The Bertz CT molecular complexity index is 716. The van der Waals surface area contributed by atoms with Crippen molar-refractivity contribution >= 4 is 5.78 Å². The van der Waals surface area contributed by atoms with Crippen LogP contribution in [-0.2, 0) is 6.54 Å². The van der Waals surface area contributed by atoms with Gasteiger partial charge in [-0.3, -0.25) is 9.69 Å². The summed E-state index contributed by atoms with van der Waals surface area (Å²) in [5.41, 5.74) is 7.07. The van der Waals surface area contributed by atoms with Crippen LogP contribution >= 0.6 is 0 Å². The maximum atomic E-state index is 12.0. The molecule has 1 aromatic heterocycles. The van der Waals surface area contributed by atoms with Crippen molar-refractivity contribution in [2.75, 3.05) is 6.54 Å². The number of likely N-dealkylation sites (tertiary alicyclic amines) is 1. The van der Waals surface area contributed by atoms with E-state index in [1.165, 1.54) is 29.7 Å². The van der Waals surface area contributed by atoms with Gasteiger partial charge in [0, 0.05) is 24.0 Å². The lowest BCUT2D eigenvalue weighted by molar-refractivity contribution is 0.101. The molecule has 3 heteroatoms. The number of hydrogen-bond donors (Lipinski definition) is 1. The molecule has 23 heavy (non-hydrogen) atoms. The molecule has 0 saturated carbocycles. The van der Waals surface area contributed by atoms with E-state index in [4.69, 9.17) is 0 Å². The minimum Gasteiger partial charge on any atom is -0.364 e. The fourth-order valence-electron chi connectivity index (χ4n) is 4.13. The third kappa shape index (κ3) is 2.98. The van der Waals surface area contributed by atoms with E-state index in [0.717, 1.165) is 29.8 Å². The monoisotopic (exact) mass is 310 g/mol. The van der Waals surface area contributed by atoms with Crippen molar-refractivity contribution in [3.05, 3.63) is 57.9 Å². The SMILES string of the molecule is CC(=O)c1c(C)cc(C)c(CN2CCC[C@@H]2c2ccc[nH]2)c1C. The van der Waals surface area contributed by atoms with Gasteiger partial charge >= 0.3 is 0 Å². The van der Waals surface area contributed by atoms with E-state index in [1.807, 2.05) is 13.1 Å². The summed E-state index contributed by atoms with van der Waals surface area (Å²) >= 11 is 0. The number of nitrogens with zero attached hydrogens (tertiary/aromatic N) is 1. The van der Waals surface area contributed by atoms with Crippen LogP contribution in [0.25, 0.3) is 0 Å². The summed E-state index contributed by atoms with van der Waals surface area (Å²) in [6.45, 7) is 10.0. The Hall–Kier alpha value is -1.87. The van der Waals surface area contributed by atoms with Crippen LogP contribution in [0.2, 0.25) is 0 Å². The Kier molecular flexibility index (Phi) is 4.40. The Labute approximate surface area is 138 Å². The fourth-order valence-corrected chi connectivity index (χ4v) is 4.13. The van der Waals surface area contributed by atoms with Crippen LogP contribution in [0.1, 0.15) is 64.1 Å². The number of carbonyl (C=O) groups is 1. The van der Waals surface area contributed by atoms with Crippen LogP contribution in [0.4, 0.5) is 0 Å². The largest absolute Gasteiger partial charge is 0.364 e. The van der Waals surface area contributed by atoms with E-state index in [1.54, 1.807) is 6.92 Å². The second-order valence-electron chi connectivity index (χ2n) is 6.80. The smallest absolute Gasteiger partial charge is 0.160 e. The molecule has 1 atom stereocenters. The maximum absolute atomic E-state index is 12.0. The number of hydrogen-bond acceptors (Lipinski definition) is 2. The number of H-pyrrole nitrogens is 1. The third-order valence-corrected chi connectivity index (χ3v) is 5.19. The normalized spacial score (nSPS) is 18.5. The minimum absolute atomic E-state index is 0.170. The topological polar surface area (TPSA) is 36.1 Å². The number of aryl methyl sites for hydroxylation is 2. The number of rotatable bonds is 4. The zero-order valence-electron chi connectivity index (χ0n) is 14.6. The van der Waals surface area contributed by atoms with Gasteiger partial charge in [0.05, 0.1) is 6.04 Å². The van der Waals surface area contributed by atoms with Gasteiger partial charge < -0.3 is 4.98 Å². The Balaban J connectivity index is 1.93. The number of aromatic amines is 1. The molecule has 0 unspecified atom stereocenters. The number of benzene rings is 1. The molecular formula is C20H26N2O. The first-order chi connectivity index (χ1) is 11.0. The molecular weight excluding hydrogens is 284 g/mol. The Morgan fingerprint density at radius 1 is 1.30 bits per heavy atom. The highest BCUT2D eigenvalue weighted by Crippen LogP contribution is 2.34. The van der Waals surface area contributed by atoms with E-state index in [-0.39, 0.29) is 5.78 Å². The molecule has 0 spiro atoms. The first-order valence-electron chi connectivity index (χ1n) is 8.47. The van der Waals surface area contributed by atoms with E-state index in [0.29, 0.717) is 6.04 Å². The summed E-state index contributed by atoms with van der Waals surface area (Å²) < 4.78 is 0. The molecule has 2 heterocycles. The predicted molar refractivity (Wildman–Crippen MR) is 93.8 cm³/mol. The molecule has 0 radical (unpaired) electrons. The maximum Gasteiger partial charge on any atom is 0.160 e. The van der Waals surface area contributed by atoms with Gasteiger partial charge in [-0.05, 0) is 81.5 Å². The van der Waals surface area contributed by atoms with Crippen molar-refractivity contribution in [3.63, 3.8) is 0 Å². The van der Waals surface area contributed by atoms with Gasteiger partial charge in [0.25, 0.3) is 0 Å². The van der Waals surface area contributed by atoms with Crippen LogP contribution < -0.4 is 0 Å². The minimum atomic E-state index is 0.170. The fraction of sp³-hybridized carbons (Fsp3) is 0.450. The van der Waals surface area contributed by atoms with Gasteiger partial charge in [-0.2, -0.15) is 0 Å². The summed E-state index contributed by atoms with van der Waals surface area (Å²) in [6.07, 6.45) is 4.43. The van der Waals surface area contributed by atoms with Crippen LogP contribution in [0.15, 0.2) is 24.4 Å². The summed E-state index contributed by atoms with van der Waals surface area (Å²) in [5.74, 6) is 0.170. The molecule has 2 aromatic rings. The molecule has 1 aliphatic heterocycles. The first-order valence-corrected chi connectivity index (χ1v) is 8.47. The third-order valence-electron chi connectivity index (χ3n) is 5.19. The van der Waals surface area contributed by atoms with Crippen molar-refractivity contribution < 1.29 is 4.79 Å². The van der Waals surface area contributed by atoms with Crippen LogP contribution in [0, 0.1) is 20.8 Å². The second-order valence-corrected chi connectivity index (χ2v) is 6.80. The van der Waals surface area contributed by atoms with Crippen molar-refractivity contribution in [2.24, 2.45) is 0 Å². The van der Waals surface area contributed by atoms with E-state index in [2.05, 4.69) is 41.9 Å². The van der Waals surface area contributed by atoms with Crippen LogP contribution in [0.5, 0.6) is 0 Å². The van der Waals surface area contributed by atoms with Gasteiger partial charge in [-0.1, -0.05) is 6.07 Å². The lowest BCUT2D eigenvalue weighted by Crippen LogP contribution is -2.24. The number of Topliss-reactive ketones (excluding diaryl/α,β-unsaturated/α-hetero) is 1. The molecule has 3 rings (SSSR count). The highest BCUT2D eigenvalue weighted by Gasteiger charge is 2.28. The van der Waals surface area contributed by atoms with E-state index >= 15 is 0 Å². The standard InChI is InChI=1S/C20H26N2O/c1-13-11-14(2)20(16(4)23)15(3)17(13)12-22-10-6-8-19(22)18-7-5-9-21-18/h5,7,9,11,19,21H,6,8,10,12H2,1-4H3/t19-/m1/s1. The molecule has 1 N–H and O–H groups in total. The highest BCUT2D eigenvalue weighted by molar-refractivity contribution is 5.97. The molecule has 0 bridgehead atoms. The molecule has 122 valence electrons. The molecule has 3 nitrogen and oxygen atoms in total. The Morgan fingerprint density at radius 2 is 2.09 bits per heavy atom. The number of nitrogens with one attached hydrogen (secondary N) is 1. The molecule has 1 aliphatic rings. The lowest BCUT2D eigenvalue weighted by Gasteiger charge is -2.26. The molecule has 1 fully saturated rings. The van der Waals surface area contributed by atoms with Crippen molar-refractivity contribution in [1.29, 1.82) is 0 Å². The van der Waals surface area contributed by atoms with Gasteiger partial charge in [0.2, 0.25) is 0 Å². The van der Waals surface area contributed by atoms with E-state index in [9.17, 15) is 4.79 Å². The molecule has 0 amide bonds. The predicted octanol–water partition coefficient (Wildman–Crippen LogP) is 4.48. The van der Waals surface area contributed by atoms with Gasteiger partial charge in [-0.15, -0.1) is 0 Å². The van der Waals surface area contributed by atoms with Gasteiger partial charge in [0.15, 0.2) is 5.78 Å². The lowest BCUT2D eigenvalue weighted by atomic mass is 9.91. The summed E-state index contributed by atoms with van der Waals surface area (Å²) in [4.78, 5) is 17.9. The number of ketones is 1. The van der Waals surface area contributed by atoms with Crippen LogP contribution in [-0.4, -0.2) is 22.2 Å². The summed E-state index contributed by atoms with van der Waals surface area (Å²) in [6, 6.07) is 6.88.